The highest BCUT2D eigenvalue weighted by Gasteiger charge is 1.99. The van der Waals surface area contributed by atoms with Crippen LogP contribution in [0.25, 0.3) is 0 Å². The van der Waals surface area contributed by atoms with Crippen LogP contribution >= 0.6 is 0 Å². The van der Waals surface area contributed by atoms with Crippen LogP contribution in [0.5, 0.6) is 0 Å². The van der Waals surface area contributed by atoms with E-state index in [2.05, 4.69) is 11.8 Å². The lowest BCUT2D eigenvalue weighted by Gasteiger charge is -2.02. The van der Waals surface area contributed by atoms with Crippen LogP contribution in [0.2, 0.25) is 0 Å². The average Bonchev–Trinajstić information content (AvgIpc) is 2.24. The summed E-state index contributed by atoms with van der Waals surface area (Å²) in [6.07, 6.45) is 12.4. The molecule has 1 rings (SSSR count). The van der Waals surface area contributed by atoms with Gasteiger partial charge in [-0.1, -0.05) is 44.4 Å². The van der Waals surface area contributed by atoms with E-state index in [9.17, 15) is 4.79 Å². The number of carbonyl (C=O) groups excluding carboxylic acids is 1. The Morgan fingerprint density at radius 3 is 2.07 bits per heavy atom. The minimum absolute atomic E-state index is 0.333. The Morgan fingerprint density at radius 1 is 0.733 bits per heavy atom. The van der Waals surface area contributed by atoms with Gasteiger partial charge in [-0.2, -0.15) is 0 Å². The second kappa shape index (κ2) is 8.53. The Hall–Kier alpha value is -0.770. The van der Waals surface area contributed by atoms with Crippen molar-refractivity contribution in [3.8, 4) is 11.8 Å². The summed E-state index contributed by atoms with van der Waals surface area (Å²) in [7, 11) is 0. The van der Waals surface area contributed by atoms with Crippen molar-refractivity contribution in [3.05, 3.63) is 0 Å². The maximum atomic E-state index is 11.4. The first-order valence-electron chi connectivity index (χ1n) is 6.37. The normalized spacial score (nSPS) is 21.2. The topological polar surface area (TPSA) is 17.1 Å². The van der Waals surface area contributed by atoms with Crippen LogP contribution in [0.1, 0.15) is 70.6 Å². The molecule has 0 aromatic heterocycles. The lowest BCUT2D eigenvalue weighted by molar-refractivity contribution is -0.118. The van der Waals surface area contributed by atoms with Gasteiger partial charge < -0.3 is 0 Å². The van der Waals surface area contributed by atoms with E-state index in [1.54, 1.807) is 0 Å². The molecule has 0 heterocycles. The van der Waals surface area contributed by atoms with Crippen LogP contribution in [0, 0.1) is 11.8 Å². The third-order valence-corrected chi connectivity index (χ3v) is 2.92. The number of hydrogen-bond donors (Lipinski definition) is 0. The summed E-state index contributed by atoms with van der Waals surface area (Å²) in [5.74, 6) is 6.42. The molecule has 0 bridgehead atoms. The average molecular weight is 206 g/mol. The molecule has 0 amide bonds. The molecule has 0 aromatic rings. The van der Waals surface area contributed by atoms with Crippen molar-refractivity contribution in [3.63, 3.8) is 0 Å². The smallest absolute Gasteiger partial charge is 0.144 e. The Balaban J connectivity index is 2.25. The standard InChI is InChI=1S/C14H22O/c15-14-12-10-8-6-4-2-1-3-5-7-9-11-13-14/h1-8,10,12-13H2. The Morgan fingerprint density at radius 2 is 1.33 bits per heavy atom. The summed E-state index contributed by atoms with van der Waals surface area (Å²) in [5, 5.41) is 0. The zero-order valence-corrected chi connectivity index (χ0v) is 9.69. The molecule has 1 aliphatic carbocycles. The van der Waals surface area contributed by atoms with Gasteiger partial charge in [-0.15, -0.1) is 5.92 Å². The van der Waals surface area contributed by atoms with Gasteiger partial charge in [-0.25, -0.2) is 0 Å². The van der Waals surface area contributed by atoms with Gasteiger partial charge in [-0.3, -0.25) is 4.79 Å². The van der Waals surface area contributed by atoms with Crippen LogP contribution in [0.15, 0.2) is 0 Å². The van der Waals surface area contributed by atoms with Crippen molar-refractivity contribution < 1.29 is 4.79 Å². The predicted molar refractivity (Wildman–Crippen MR) is 63.6 cm³/mol. The monoisotopic (exact) mass is 206 g/mol. The zero-order chi connectivity index (χ0) is 10.8. The van der Waals surface area contributed by atoms with Gasteiger partial charge in [-0.05, 0) is 12.8 Å². The summed E-state index contributed by atoms with van der Waals surface area (Å²) >= 11 is 0. The summed E-state index contributed by atoms with van der Waals surface area (Å²) in [4.78, 5) is 11.4. The van der Waals surface area contributed by atoms with Gasteiger partial charge in [0, 0.05) is 12.8 Å². The first-order chi connectivity index (χ1) is 7.39. The zero-order valence-electron chi connectivity index (χ0n) is 9.69. The molecule has 1 heteroatoms. The Kier molecular flexibility index (Phi) is 7.00. The Labute approximate surface area is 93.6 Å². The van der Waals surface area contributed by atoms with Crippen LogP contribution in [0.4, 0.5) is 0 Å². The first kappa shape index (κ1) is 12.3. The number of rotatable bonds is 0. The molecule has 0 aromatic carbocycles. The SMILES string of the molecule is O=C1CC#CCCCCCCCCCC1. The van der Waals surface area contributed by atoms with E-state index >= 15 is 0 Å². The molecule has 0 spiro atoms. The van der Waals surface area contributed by atoms with Crippen molar-refractivity contribution >= 4 is 5.78 Å². The lowest BCUT2D eigenvalue weighted by Crippen LogP contribution is -1.95. The fourth-order valence-corrected chi connectivity index (χ4v) is 1.93. The molecule has 0 saturated carbocycles. The minimum atomic E-state index is 0.333. The van der Waals surface area contributed by atoms with Gasteiger partial charge in [0.05, 0.1) is 6.42 Å². The van der Waals surface area contributed by atoms with E-state index in [1.165, 1.54) is 44.9 Å². The molecule has 15 heavy (non-hydrogen) atoms. The molecular weight excluding hydrogens is 184 g/mol. The van der Waals surface area contributed by atoms with E-state index in [4.69, 9.17) is 0 Å². The van der Waals surface area contributed by atoms with Gasteiger partial charge in [0.15, 0.2) is 0 Å². The number of Topliss-reactive ketones (excluding diaryl/α,β-unsaturated/α-hetero) is 1. The first-order valence-corrected chi connectivity index (χ1v) is 6.37. The fraction of sp³-hybridized carbons (Fsp3) is 0.786. The van der Waals surface area contributed by atoms with E-state index in [1.807, 2.05) is 0 Å². The van der Waals surface area contributed by atoms with Crippen LogP contribution in [0.3, 0.4) is 0 Å². The summed E-state index contributed by atoms with van der Waals surface area (Å²) < 4.78 is 0. The number of carbonyl (C=O) groups is 1. The van der Waals surface area contributed by atoms with Gasteiger partial charge in [0.2, 0.25) is 0 Å². The van der Waals surface area contributed by atoms with Gasteiger partial charge in [0.1, 0.15) is 5.78 Å². The molecule has 84 valence electrons. The maximum Gasteiger partial charge on any atom is 0.144 e. The minimum Gasteiger partial charge on any atom is -0.299 e. The summed E-state index contributed by atoms with van der Waals surface area (Å²) in [5.41, 5.74) is 0. The van der Waals surface area contributed by atoms with E-state index in [-0.39, 0.29) is 0 Å². The molecule has 0 fully saturated rings. The highest BCUT2D eigenvalue weighted by molar-refractivity contribution is 5.80. The summed E-state index contributed by atoms with van der Waals surface area (Å²) in [6, 6.07) is 0. The van der Waals surface area contributed by atoms with E-state index in [0.29, 0.717) is 12.2 Å². The predicted octanol–water partition coefficient (Wildman–Crippen LogP) is 3.86. The van der Waals surface area contributed by atoms with Crippen molar-refractivity contribution in [1.82, 2.24) is 0 Å². The van der Waals surface area contributed by atoms with E-state index < -0.39 is 0 Å². The number of ketones is 1. The molecule has 0 unspecified atom stereocenters. The molecule has 0 N–H and O–H groups in total. The largest absolute Gasteiger partial charge is 0.299 e. The van der Waals surface area contributed by atoms with Gasteiger partial charge >= 0.3 is 0 Å². The third kappa shape index (κ3) is 7.19. The molecule has 1 aliphatic rings. The Bertz CT molecular complexity index is 231. The van der Waals surface area contributed by atoms with Crippen molar-refractivity contribution in [2.24, 2.45) is 0 Å². The van der Waals surface area contributed by atoms with Crippen LogP contribution in [-0.4, -0.2) is 5.78 Å². The quantitative estimate of drug-likeness (QED) is 0.550. The number of hydrogen-bond acceptors (Lipinski definition) is 1. The molecule has 0 atom stereocenters. The summed E-state index contributed by atoms with van der Waals surface area (Å²) in [6.45, 7) is 0. The lowest BCUT2D eigenvalue weighted by atomic mass is 10.0. The maximum absolute atomic E-state index is 11.4. The molecule has 0 aliphatic heterocycles. The molecule has 1 nitrogen and oxygen atoms in total. The van der Waals surface area contributed by atoms with Crippen molar-refractivity contribution in [2.45, 2.75) is 70.6 Å². The van der Waals surface area contributed by atoms with Crippen molar-refractivity contribution in [2.75, 3.05) is 0 Å². The third-order valence-electron chi connectivity index (χ3n) is 2.92. The van der Waals surface area contributed by atoms with E-state index in [0.717, 1.165) is 19.3 Å². The molecule has 0 radical (unpaired) electrons. The second-order valence-corrected chi connectivity index (χ2v) is 4.40. The molecular formula is C14H22O. The van der Waals surface area contributed by atoms with Gasteiger partial charge in [0.25, 0.3) is 0 Å². The second-order valence-electron chi connectivity index (χ2n) is 4.40. The van der Waals surface area contributed by atoms with Crippen LogP contribution < -0.4 is 0 Å². The van der Waals surface area contributed by atoms with Crippen LogP contribution in [-0.2, 0) is 4.79 Å². The fourth-order valence-electron chi connectivity index (χ4n) is 1.93. The van der Waals surface area contributed by atoms with Crippen molar-refractivity contribution in [1.29, 1.82) is 0 Å². The highest BCUT2D eigenvalue weighted by atomic mass is 16.1. The highest BCUT2D eigenvalue weighted by Crippen LogP contribution is 2.11. The molecule has 0 saturated heterocycles.